The van der Waals surface area contributed by atoms with E-state index in [0.717, 1.165) is 36.0 Å². The highest BCUT2D eigenvalue weighted by molar-refractivity contribution is 7.92. The van der Waals surface area contributed by atoms with Gasteiger partial charge >= 0.3 is 0 Å². The van der Waals surface area contributed by atoms with Crippen molar-refractivity contribution in [2.45, 2.75) is 70.4 Å². The minimum Gasteiger partial charge on any atom is -0.392 e. The summed E-state index contributed by atoms with van der Waals surface area (Å²) in [5, 5.41) is 8.65. The molecule has 144 valence electrons. The van der Waals surface area contributed by atoms with Crippen LogP contribution < -0.4 is 0 Å². The first-order chi connectivity index (χ1) is 12.1. The summed E-state index contributed by atoms with van der Waals surface area (Å²) in [7, 11) is -3.52. The molecular formula is C22H32O3S. The van der Waals surface area contributed by atoms with E-state index in [0.29, 0.717) is 11.3 Å². The van der Waals surface area contributed by atoms with Crippen LogP contribution in [0.4, 0.5) is 0 Å². The molecule has 0 aliphatic heterocycles. The second-order valence-electron chi connectivity index (χ2n) is 8.22. The molecule has 1 N–H and O–H groups in total. The van der Waals surface area contributed by atoms with Crippen LogP contribution in [0.25, 0.3) is 0 Å². The normalized spacial score (nSPS) is 19.5. The second kappa shape index (κ2) is 8.10. The van der Waals surface area contributed by atoms with Crippen molar-refractivity contribution in [1.29, 1.82) is 0 Å². The average molecular weight is 377 g/mol. The van der Waals surface area contributed by atoms with Gasteiger partial charge in [-0.2, -0.15) is 0 Å². The van der Waals surface area contributed by atoms with Gasteiger partial charge in [0.25, 0.3) is 0 Å². The van der Waals surface area contributed by atoms with Crippen LogP contribution in [0, 0.1) is 12.3 Å². The molecule has 0 fully saturated rings. The van der Waals surface area contributed by atoms with Crippen LogP contribution in [0.2, 0.25) is 0 Å². The van der Waals surface area contributed by atoms with Crippen molar-refractivity contribution in [3.05, 3.63) is 52.6 Å². The van der Waals surface area contributed by atoms with Crippen molar-refractivity contribution in [1.82, 2.24) is 0 Å². The first kappa shape index (κ1) is 20.9. The third kappa shape index (κ3) is 4.47. The maximum absolute atomic E-state index is 13.6. The fourth-order valence-corrected chi connectivity index (χ4v) is 6.30. The number of hydrogen-bond acceptors (Lipinski definition) is 3. The molecule has 0 aromatic heterocycles. The molecule has 0 amide bonds. The van der Waals surface area contributed by atoms with Gasteiger partial charge in [0, 0.05) is 0 Å². The third-order valence-electron chi connectivity index (χ3n) is 5.54. The van der Waals surface area contributed by atoms with Gasteiger partial charge in [0.2, 0.25) is 0 Å². The molecule has 3 nitrogen and oxygen atoms in total. The van der Waals surface area contributed by atoms with Gasteiger partial charge in [-0.1, -0.05) is 48.8 Å². The Labute approximate surface area is 158 Å². The minimum absolute atomic E-state index is 0.0649. The molecule has 1 unspecified atom stereocenters. The summed E-state index contributed by atoms with van der Waals surface area (Å²) in [6.45, 7) is 10.2. The Morgan fingerprint density at radius 2 is 1.85 bits per heavy atom. The molecule has 1 aromatic carbocycles. The second-order valence-corrected chi connectivity index (χ2v) is 10.3. The highest BCUT2D eigenvalue weighted by Gasteiger charge is 2.40. The summed E-state index contributed by atoms with van der Waals surface area (Å²) in [6.07, 6.45) is 5.20. The van der Waals surface area contributed by atoms with Gasteiger partial charge in [-0.15, -0.1) is 0 Å². The molecule has 0 saturated carbocycles. The van der Waals surface area contributed by atoms with Gasteiger partial charge in [0.15, 0.2) is 9.84 Å². The highest BCUT2D eigenvalue weighted by Crippen LogP contribution is 2.46. The number of rotatable bonds is 6. The summed E-state index contributed by atoms with van der Waals surface area (Å²) < 4.78 is 27.2. The topological polar surface area (TPSA) is 54.4 Å². The number of benzene rings is 1. The van der Waals surface area contributed by atoms with Gasteiger partial charge in [-0.25, -0.2) is 8.42 Å². The first-order valence-electron chi connectivity index (χ1n) is 9.37. The molecule has 0 spiro atoms. The van der Waals surface area contributed by atoms with E-state index in [2.05, 4.69) is 20.8 Å². The largest absolute Gasteiger partial charge is 0.392 e. The lowest BCUT2D eigenvalue weighted by atomic mass is 9.71. The van der Waals surface area contributed by atoms with E-state index in [9.17, 15) is 13.5 Å². The predicted molar refractivity (Wildman–Crippen MR) is 108 cm³/mol. The maximum atomic E-state index is 13.6. The van der Waals surface area contributed by atoms with E-state index in [1.54, 1.807) is 18.2 Å². The monoisotopic (exact) mass is 376 g/mol. The van der Waals surface area contributed by atoms with Gasteiger partial charge in [-0.05, 0) is 69.6 Å². The van der Waals surface area contributed by atoms with Crippen molar-refractivity contribution >= 4 is 9.84 Å². The molecule has 0 bridgehead atoms. The summed E-state index contributed by atoms with van der Waals surface area (Å²) >= 11 is 0. The van der Waals surface area contributed by atoms with E-state index < -0.39 is 15.1 Å². The van der Waals surface area contributed by atoms with Crippen LogP contribution in [0.5, 0.6) is 0 Å². The Balaban J connectivity index is 2.61. The predicted octanol–water partition coefficient (Wildman–Crippen LogP) is 4.99. The van der Waals surface area contributed by atoms with E-state index in [1.807, 2.05) is 26.0 Å². The van der Waals surface area contributed by atoms with Crippen LogP contribution in [0.3, 0.4) is 0 Å². The molecule has 1 atom stereocenters. The average Bonchev–Trinajstić information content (AvgIpc) is 2.53. The first-order valence-corrected chi connectivity index (χ1v) is 10.9. The number of aliphatic hydroxyl groups is 1. The van der Waals surface area contributed by atoms with Gasteiger partial charge in [-0.3, -0.25) is 0 Å². The maximum Gasteiger partial charge on any atom is 0.185 e. The zero-order valence-corrected chi connectivity index (χ0v) is 17.5. The van der Waals surface area contributed by atoms with E-state index >= 15 is 0 Å². The minimum atomic E-state index is -3.52. The third-order valence-corrected chi connectivity index (χ3v) is 7.62. The molecule has 0 radical (unpaired) electrons. The van der Waals surface area contributed by atoms with E-state index in [1.165, 1.54) is 5.57 Å². The SMILES string of the molecule is CC(=CCO)CC(C1=C(C)CCCC1(C)C)S(=O)(=O)c1ccc(C)cc1. The lowest BCUT2D eigenvalue weighted by Crippen LogP contribution is -2.34. The fourth-order valence-electron chi connectivity index (χ4n) is 4.14. The zero-order chi connectivity index (χ0) is 19.5. The summed E-state index contributed by atoms with van der Waals surface area (Å²) in [6, 6.07) is 7.14. The Bertz CT molecular complexity index is 796. The van der Waals surface area contributed by atoms with Gasteiger partial charge in [0.1, 0.15) is 0 Å². The van der Waals surface area contributed by atoms with Gasteiger partial charge in [0.05, 0.1) is 16.8 Å². The number of aryl methyl sites for hydroxylation is 1. The molecule has 26 heavy (non-hydrogen) atoms. The molecular weight excluding hydrogens is 344 g/mol. The van der Waals surface area contributed by atoms with Gasteiger partial charge < -0.3 is 5.11 Å². The zero-order valence-electron chi connectivity index (χ0n) is 16.7. The molecule has 1 aliphatic carbocycles. The van der Waals surface area contributed by atoms with Crippen LogP contribution in [-0.4, -0.2) is 25.4 Å². The number of aliphatic hydroxyl groups excluding tert-OH is 1. The Morgan fingerprint density at radius 1 is 1.23 bits per heavy atom. The van der Waals surface area contributed by atoms with Crippen molar-refractivity contribution < 1.29 is 13.5 Å². The molecule has 0 heterocycles. The molecule has 1 aromatic rings. The Kier molecular flexibility index (Phi) is 6.51. The fraction of sp³-hybridized carbons (Fsp3) is 0.545. The standard InChI is InChI=1S/C22H32O3S/c1-16-8-10-19(11-9-16)26(24,25)20(15-17(2)12-14-23)21-18(3)7-6-13-22(21,4)5/h8-12,20,23H,6-7,13-15H2,1-5H3. The van der Waals surface area contributed by atoms with Crippen LogP contribution in [0.1, 0.15) is 58.9 Å². The van der Waals surface area contributed by atoms with E-state index in [-0.39, 0.29) is 12.0 Å². The van der Waals surface area contributed by atoms with Crippen LogP contribution in [0.15, 0.2) is 52.0 Å². The molecule has 4 heteroatoms. The summed E-state index contributed by atoms with van der Waals surface area (Å²) in [4.78, 5) is 0.381. The molecule has 1 aliphatic rings. The smallest absolute Gasteiger partial charge is 0.185 e. The summed E-state index contributed by atoms with van der Waals surface area (Å²) in [5.41, 5.74) is 4.10. The van der Waals surface area contributed by atoms with Crippen molar-refractivity contribution in [3.63, 3.8) is 0 Å². The molecule has 0 saturated heterocycles. The van der Waals surface area contributed by atoms with Crippen LogP contribution >= 0.6 is 0 Å². The number of sulfone groups is 1. The van der Waals surface area contributed by atoms with Crippen LogP contribution in [-0.2, 0) is 9.84 Å². The van der Waals surface area contributed by atoms with Crippen molar-refractivity contribution in [2.24, 2.45) is 5.41 Å². The molecule has 2 rings (SSSR count). The van der Waals surface area contributed by atoms with Crippen molar-refractivity contribution in [3.8, 4) is 0 Å². The highest BCUT2D eigenvalue weighted by atomic mass is 32.2. The van der Waals surface area contributed by atoms with Crippen molar-refractivity contribution in [2.75, 3.05) is 6.61 Å². The number of allylic oxidation sites excluding steroid dienone is 2. The van der Waals surface area contributed by atoms with E-state index in [4.69, 9.17) is 0 Å². The number of hydrogen-bond donors (Lipinski definition) is 1. The lowest BCUT2D eigenvalue weighted by molar-refractivity contribution is 0.340. The summed E-state index contributed by atoms with van der Waals surface area (Å²) in [5.74, 6) is 0. The Hall–Kier alpha value is -1.39. The lowest BCUT2D eigenvalue weighted by Gasteiger charge is -2.39. The quantitative estimate of drug-likeness (QED) is 0.711. The Morgan fingerprint density at radius 3 is 2.38 bits per heavy atom.